The maximum atomic E-state index is 11.8. The highest BCUT2D eigenvalue weighted by molar-refractivity contribution is 8.00. The molecular weight excluding hydrogens is 226 g/mol. The number of unbranched alkanes of at least 4 members (excludes halogenated alkanes) is 1. The fourth-order valence-corrected chi connectivity index (χ4v) is 2.34. The van der Waals surface area contributed by atoms with E-state index in [-0.39, 0.29) is 17.7 Å². The average Bonchev–Trinajstić information content (AvgIpc) is 2.24. The Labute approximate surface area is 101 Å². The molecule has 0 bridgehead atoms. The van der Waals surface area contributed by atoms with Crippen LogP contribution in [-0.4, -0.2) is 46.0 Å². The molecule has 4 nitrogen and oxygen atoms in total. The minimum Gasteiger partial charge on any atom is -0.480 e. The van der Waals surface area contributed by atoms with Crippen LogP contribution in [0.25, 0.3) is 0 Å². The summed E-state index contributed by atoms with van der Waals surface area (Å²) >= 11 is 1.60. The maximum Gasteiger partial charge on any atom is 0.323 e. The van der Waals surface area contributed by atoms with Gasteiger partial charge in [-0.25, -0.2) is 0 Å². The summed E-state index contributed by atoms with van der Waals surface area (Å²) in [7, 11) is 0. The Morgan fingerprint density at radius 2 is 2.00 bits per heavy atom. The number of amides is 1. The van der Waals surface area contributed by atoms with Crippen molar-refractivity contribution in [2.75, 3.05) is 18.8 Å². The van der Waals surface area contributed by atoms with E-state index in [0.717, 1.165) is 18.6 Å². The molecule has 1 amide bonds. The fraction of sp³-hybridized carbons (Fsp3) is 0.818. The van der Waals surface area contributed by atoms with E-state index in [4.69, 9.17) is 5.11 Å². The van der Waals surface area contributed by atoms with E-state index >= 15 is 0 Å². The number of hydrogen-bond donors (Lipinski definition) is 1. The van der Waals surface area contributed by atoms with Crippen LogP contribution in [0.4, 0.5) is 0 Å². The standard InChI is InChI=1S/C11H21NO3S/c1-4-6-7-16-9(3)11(15)12(5-2)8-10(13)14/h9H,4-8H2,1-3H3,(H,13,14). The van der Waals surface area contributed by atoms with Gasteiger partial charge in [0.05, 0.1) is 5.25 Å². The first-order valence-electron chi connectivity index (χ1n) is 5.65. The second-order valence-corrected chi connectivity index (χ2v) is 5.06. The van der Waals surface area contributed by atoms with E-state index in [1.807, 2.05) is 6.92 Å². The number of rotatable bonds is 8. The molecule has 5 heteroatoms. The third-order valence-electron chi connectivity index (χ3n) is 2.23. The summed E-state index contributed by atoms with van der Waals surface area (Å²) in [6, 6.07) is 0. The normalized spacial score (nSPS) is 12.2. The van der Waals surface area contributed by atoms with Crippen molar-refractivity contribution >= 4 is 23.6 Å². The molecule has 0 spiro atoms. The van der Waals surface area contributed by atoms with Gasteiger partial charge in [-0.1, -0.05) is 13.3 Å². The number of carbonyl (C=O) groups excluding carboxylic acids is 1. The molecule has 0 saturated heterocycles. The number of likely N-dealkylation sites (N-methyl/N-ethyl adjacent to an activating group) is 1. The first-order chi connectivity index (χ1) is 7.52. The Bertz CT molecular complexity index is 233. The third-order valence-corrected chi connectivity index (χ3v) is 3.46. The Hall–Kier alpha value is -0.710. The van der Waals surface area contributed by atoms with Gasteiger partial charge in [0.15, 0.2) is 0 Å². The van der Waals surface area contributed by atoms with Crippen molar-refractivity contribution in [2.24, 2.45) is 0 Å². The summed E-state index contributed by atoms with van der Waals surface area (Å²) in [5.74, 6) is -0.0828. The van der Waals surface area contributed by atoms with Gasteiger partial charge >= 0.3 is 5.97 Å². The van der Waals surface area contributed by atoms with Crippen molar-refractivity contribution in [1.29, 1.82) is 0 Å². The van der Waals surface area contributed by atoms with Gasteiger partial charge in [0, 0.05) is 6.54 Å². The van der Waals surface area contributed by atoms with Gasteiger partial charge in [0.2, 0.25) is 5.91 Å². The summed E-state index contributed by atoms with van der Waals surface area (Å²) in [6.07, 6.45) is 2.20. The molecule has 1 unspecified atom stereocenters. The second kappa shape index (κ2) is 8.44. The molecule has 0 heterocycles. The van der Waals surface area contributed by atoms with E-state index < -0.39 is 5.97 Å². The average molecular weight is 247 g/mol. The highest BCUT2D eigenvalue weighted by Crippen LogP contribution is 2.15. The molecule has 0 aromatic carbocycles. The Balaban J connectivity index is 4.11. The molecule has 94 valence electrons. The molecule has 0 aliphatic heterocycles. The van der Waals surface area contributed by atoms with Crippen molar-refractivity contribution in [3.05, 3.63) is 0 Å². The molecule has 0 aliphatic carbocycles. The quantitative estimate of drug-likeness (QED) is 0.665. The minimum absolute atomic E-state index is 0.0778. The third kappa shape index (κ3) is 6.00. The molecule has 0 aromatic heterocycles. The predicted molar refractivity (Wildman–Crippen MR) is 66.7 cm³/mol. The maximum absolute atomic E-state index is 11.8. The minimum atomic E-state index is -0.957. The van der Waals surface area contributed by atoms with Gasteiger partial charge in [-0.2, -0.15) is 0 Å². The van der Waals surface area contributed by atoms with Crippen LogP contribution in [0, 0.1) is 0 Å². The van der Waals surface area contributed by atoms with Crippen LogP contribution in [0.2, 0.25) is 0 Å². The molecule has 0 rings (SSSR count). The van der Waals surface area contributed by atoms with Crippen molar-refractivity contribution in [2.45, 2.75) is 38.9 Å². The van der Waals surface area contributed by atoms with Crippen LogP contribution >= 0.6 is 11.8 Å². The van der Waals surface area contributed by atoms with Crippen molar-refractivity contribution in [3.63, 3.8) is 0 Å². The summed E-state index contributed by atoms with van der Waals surface area (Å²) in [5, 5.41) is 8.51. The Morgan fingerprint density at radius 1 is 1.38 bits per heavy atom. The lowest BCUT2D eigenvalue weighted by Crippen LogP contribution is -2.40. The monoisotopic (exact) mass is 247 g/mol. The first-order valence-corrected chi connectivity index (χ1v) is 6.69. The van der Waals surface area contributed by atoms with Crippen molar-refractivity contribution in [3.8, 4) is 0 Å². The zero-order chi connectivity index (χ0) is 12.6. The molecule has 16 heavy (non-hydrogen) atoms. The summed E-state index contributed by atoms with van der Waals surface area (Å²) in [5.41, 5.74) is 0. The lowest BCUT2D eigenvalue weighted by atomic mass is 10.3. The predicted octanol–water partition coefficient (Wildman–Crippen LogP) is 1.84. The zero-order valence-electron chi connectivity index (χ0n) is 10.2. The number of nitrogens with zero attached hydrogens (tertiary/aromatic N) is 1. The van der Waals surface area contributed by atoms with Gasteiger partial charge in [-0.3, -0.25) is 9.59 Å². The van der Waals surface area contributed by atoms with E-state index in [1.54, 1.807) is 18.7 Å². The van der Waals surface area contributed by atoms with Gasteiger partial charge in [-0.05, 0) is 26.0 Å². The Kier molecular flexibility index (Phi) is 8.07. The molecule has 0 saturated carbocycles. The summed E-state index contributed by atoms with van der Waals surface area (Å²) < 4.78 is 0. The fourth-order valence-electron chi connectivity index (χ4n) is 1.24. The zero-order valence-corrected chi connectivity index (χ0v) is 11.0. The molecule has 0 aromatic rings. The largest absolute Gasteiger partial charge is 0.480 e. The van der Waals surface area contributed by atoms with Crippen molar-refractivity contribution in [1.82, 2.24) is 4.90 Å². The Morgan fingerprint density at radius 3 is 2.44 bits per heavy atom. The number of aliphatic carboxylic acids is 1. The number of hydrogen-bond acceptors (Lipinski definition) is 3. The van der Waals surface area contributed by atoms with Crippen LogP contribution in [-0.2, 0) is 9.59 Å². The van der Waals surface area contributed by atoms with E-state index in [9.17, 15) is 9.59 Å². The van der Waals surface area contributed by atoms with Crippen molar-refractivity contribution < 1.29 is 14.7 Å². The highest BCUT2D eigenvalue weighted by Gasteiger charge is 2.21. The van der Waals surface area contributed by atoms with E-state index in [2.05, 4.69) is 6.92 Å². The number of carboxylic acids is 1. The molecule has 0 aliphatic rings. The van der Waals surface area contributed by atoms with Crippen LogP contribution in [0.5, 0.6) is 0 Å². The molecule has 1 atom stereocenters. The lowest BCUT2D eigenvalue weighted by Gasteiger charge is -2.22. The number of carboxylic acid groups (broad SMARTS) is 1. The molecule has 1 N–H and O–H groups in total. The number of thioether (sulfide) groups is 1. The first kappa shape index (κ1) is 15.3. The smallest absolute Gasteiger partial charge is 0.323 e. The molecular formula is C11H21NO3S. The summed E-state index contributed by atoms with van der Waals surface area (Å²) in [6.45, 7) is 5.99. The second-order valence-electron chi connectivity index (χ2n) is 3.61. The van der Waals surface area contributed by atoms with Gasteiger partial charge in [0.25, 0.3) is 0 Å². The summed E-state index contributed by atoms with van der Waals surface area (Å²) in [4.78, 5) is 23.8. The van der Waals surface area contributed by atoms with Crippen LogP contribution in [0.1, 0.15) is 33.6 Å². The van der Waals surface area contributed by atoms with E-state index in [1.165, 1.54) is 4.90 Å². The highest BCUT2D eigenvalue weighted by atomic mass is 32.2. The SMILES string of the molecule is CCCCSC(C)C(=O)N(CC)CC(=O)O. The molecule has 0 fully saturated rings. The molecule has 0 radical (unpaired) electrons. The van der Waals surface area contributed by atoms with Crippen LogP contribution in [0.15, 0.2) is 0 Å². The van der Waals surface area contributed by atoms with Gasteiger partial charge in [0.1, 0.15) is 6.54 Å². The lowest BCUT2D eigenvalue weighted by molar-refractivity contribution is -0.143. The van der Waals surface area contributed by atoms with Crippen LogP contribution < -0.4 is 0 Å². The topological polar surface area (TPSA) is 57.6 Å². The number of carbonyl (C=O) groups is 2. The van der Waals surface area contributed by atoms with Gasteiger partial charge in [-0.15, -0.1) is 11.8 Å². The van der Waals surface area contributed by atoms with E-state index in [0.29, 0.717) is 6.54 Å². The van der Waals surface area contributed by atoms with Crippen LogP contribution in [0.3, 0.4) is 0 Å². The van der Waals surface area contributed by atoms with Gasteiger partial charge < -0.3 is 10.0 Å².